The molecular weight excluding hydrogens is 256 g/mol. The molecule has 0 bridgehead atoms. The van der Waals surface area contributed by atoms with Crippen molar-refractivity contribution >= 4 is 0 Å². The lowest BCUT2D eigenvalue weighted by Gasteiger charge is -2.46. The second-order valence-electron chi connectivity index (χ2n) is 7.51. The molecule has 2 rings (SSSR count). The van der Waals surface area contributed by atoms with Gasteiger partial charge in [-0.25, -0.2) is 0 Å². The number of nitrogens with one attached hydrogen (secondary N) is 1. The van der Waals surface area contributed by atoms with Crippen LogP contribution >= 0.6 is 0 Å². The maximum Gasteiger partial charge on any atom is 0.0269 e. The Hall–Kier alpha value is -0.860. The van der Waals surface area contributed by atoms with Gasteiger partial charge < -0.3 is 5.32 Å². The standard InChI is InChI=1S/C19H32N2/c1-5-9-17-15-21(18(14-20-17)19(2,3)4)13-12-16-10-7-6-8-11-16/h6-8,10-11,17-18,20H,5,9,12-15H2,1-4H3. The molecule has 1 saturated heterocycles. The van der Waals surface area contributed by atoms with E-state index in [0.717, 1.165) is 13.0 Å². The van der Waals surface area contributed by atoms with Gasteiger partial charge in [0.1, 0.15) is 0 Å². The van der Waals surface area contributed by atoms with Crippen LogP contribution in [0.25, 0.3) is 0 Å². The predicted octanol–water partition coefficient (Wildman–Crippen LogP) is 3.72. The zero-order chi connectivity index (χ0) is 15.3. The van der Waals surface area contributed by atoms with E-state index >= 15 is 0 Å². The summed E-state index contributed by atoms with van der Waals surface area (Å²) in [5, 5.41) is 3.76. The number of piperazine rings is 1. The minimum absolute atomic E-state index is 0.334. The van der Waals surface area contributed by atoms with Gasteiger partial charge in [-0.1, -0.05) is 64.4 Å². The Morgan fingerprint density at radius 1 is 1.19 bits per heavy atom. The predicted molar refractivity (Wildman–Crippen MR) is 91.7 cm³/mol. The molecule has 1 aliphatic rings. The molecule has 2 heteroatoms. The number of hydrogen-bond acceptors (Lipinski definition) is 2. The van der Waals surface area contributed by atoms with Crippen LogP contribution in [0.2, 0.25) is 0 Å². The zero-order valence-corrected chi connectivity index (χ0v) is 14.2. The Bertz CT molecular complexity index is 407. The molecule has 1 aromatic rings. The average Bonchev–Trinajstić information content (AvgIpc) is 2.45. The Labute approximate surface area is 130 Å². The van der Waals surface area contributed by atoms with Crippen molar-refractivity contribution in [3.05, 3.63) is 35.9 Å². The van der Waals surface area contributed by atoms with E-state index in [1.165, 1.54) is 31.5 Å². The van der Waals surface area contributed by atoms with Crippen molar-refractivity contribution in [1.82, 2.24) is 10.2 Å². The number of benzene rings is 1. The van der Waals surface area contributed by atoms with Gasteiger partial charge in [0.2, 0.25) is 0 Å². The quantitative estimate of drug-likeness (QED) is 0.888. The van der Waals surface area contributed by atoms with E-state index in [-0.39, 0.29) is 0 Å². The van der Waals surface area contributed by atoms with Crippen LogP contribution in [-0.4, -0.2) is 36.6 Å². The van der Waals surface area contributed by atoms with Crippen molar-refractivity contribution in [2.24, 2.45) is 5.41 Å². The van der Waals surface area contributed by atoms with E-state index in [0.29, 0.717) is 17.5 Å². The third-order valence-electron chi connectivity index (χ3n) is 4.66. The molecule has 0 aromatic heterocycles. The molecule has 0 aliphatic carbocycles. The van der Waals surface area contributed by atoms with Crippen LogP contribution in [0.1, 0.15) is 46.1 Å². The second kappa shape index (κ2) is 7.42. The average molecular weight is 288 g/mol. The highest BCUT2D eigenvalue weighted by Gasteiger charge is 2.34. The summed E-state index contributed by atoms with van der Waals surface area (Å²) in [6, 6.07) is 12.2. The minimum Gasteiger partial charge on any atom is -0.311 e. The first-order valence-electron chi connectivity index (χ1n) is 8.52. The molecule has 2 nitrogen and oxygen atoms in total. The summed E-state index contributed by atoms with van der Waals surface area (Å²) in [5.74, 6) is 0. The largest absolute Gasteiger partial charge is 0.311 e. The number of rotatable bonds is 5. The maximum atomic E-state index is 3.76. The maximum absolute atomic E-state index is 3.76. The van der Waals surface area contributed by atoms with Gasteiger partial charge in [0.25, 0.3) is 0 Å². The van der Waals surface area contributed by atoms with Gasteiger partial charge in [-0.05, 0) is 23.8 Å². The van der Waals surface area contributed by atoms with Crippen molar-refractivity contribution < 1.29 is 0 Å². The van der Waals surface area contributed by atoms with Crippen LogP contribution in [0, 0.1) is 5.41 Å². The zero-order valence-electron chi connectivity index (χ0n) is 14.2. The van der Waals surface area contributed by atoms with E-state index in [1.807, 2.05) is 0 Å². The molecule has 21 heavy (non-hydrogen) atoms. The Morgan fingerprint density at radius 3 is 2.52 bits per heavy atom. The van der Waals surface area contributed by atoms with Gasteiger partial charge in [-0.2, -0.15) is 0 Å². The lowest BCUT2D eigenvalue weighted by molar-refractivity contribution is 0.0548. The van der Waals surface area contributed by atoms with Gasteiger partial charge in [0, 0.05) is 31.7 Å². The fourth-order valence-electron chi connectivity index (χ4n) is 3.44. The van der Waals surface area contributed by atoms with Gasteiger partial charge >= 0.3 is 0 Å². The molecule has 0 spiro atoms. The molecule has 2 atom stereocenters. The first-order valence-corrected chi connectivity index (χ1v) is 8.52. The van der Waals surface area contributed by atoms with E-state index in [4.69, 9.17) is 0 Å². The highest BCUT2D eigenvalue weighted by molar-refractivity contribution is 5.15. The van der Waals surface area contributed by atoms with Crippen molar-refractivity contribution in [2.75, 3.05) is 19.6 Å². The minimum atomic E-state index is 0.334. The van der Waals surface area contributed by atoms with Crippen LogP contribution in [-0.2, 0) is 6.42 Å². The van der Waals surface area contributed by atoms with Gasteiger partial charge in [0.15, 0.2) is 0 Å². The van der Waals surface area contributed by atoms with E-state index in [2.05, 4.69) is 68.2 Å². The summed E-state index contributed by atoms with van der Waals surface area (Å²) in [4.78, 5) is 2.73. The first kappa shape index (κ1) is 16.5. The molecule has 0 amide bonds. The molecule has 1 aliphatic heterocycles. The van der Waals surface area contributed by atoms with E-state index in [9.17, 15) is 0 Å². The van der Waals surface area contributed by atoms with Crippen molar-refractivity contribution in [1.29, 1.82) is 0 Å². The third kappa shape index (κ3) is 4.82. The van der Waals surface area contributed by atoms with Crippen LogP contribution in [0.4, 0.5) is 0 Å². The Kier molecular flexibility index (Phi) is 5.83. The number of hydrogen-bond donors (Lipinski definition) is 1. The van der Waals surface area contributed by atoms with Crippen LogP contribution in [0.15, 0.2) is 30.3 Å². The molecule has 0 saturated carbocycles. The molecule has 1 N–H and O–H groups in total. The fraction of sp³-hybridized carbons (Fsp3) is 0.684. The normalized spacial score (nSPS) is 24.2. The summed E-state index contributed by atoms with van der Waals surface area (Å²) in [6.45, 7) is 12.9. The topological polar surface area (TPSA) is 15.3 Å². The molecule has 1 heterocycles. The first-order chi connectivity index (χ1) is 10.0. The van der Waals surface area contributed by atoms with Crippen molar-refractivity contribution in [3.8, 4) is 0 Å². The fourth-order valence-corrected chi connectivity index (χ4v) is 3.44. The molecule has 118 valence electrons. The third-order valence-corrected chi connectivity index (χ3v) is 4.66. The SMILES string of the molecule is CCCC1CN(CCc2ccccc2)C(C(C)(C)C)CN1. The molecule has 1 aromatic carbocycles. The highest BCUT2D eigenvalue weighted by atomic mass is 15.2. The van der Waals surface area contributed by atoms with Gasteiger partial charge in [-0.15, -0.1) is 0 Å². The molecule has 0 radical (unpaired) electrons. The van der Waals surface area contributed by atoms with Gasteiger partial charge in [0.05, 0.1) is 0 Å². The van der Waals surface area contributed by atoms with Crippen LogP contribution in [0.5, 0.6) is 0 Å². The Balaban J connectivity index is 1.99. The smallest absolute Gasteiger partial charge is 0.0269 e. The monoisotopic (exact) mass is 288 g/mol. The van der Waals surface area contributed by atoms with Crippen molar-refractivity contribution in [3.63, 3.8) is 0 Å². The van der Waals surface area contributed by atoms with E-state index < -0.39 is 0 Å². The molecule has 1 fully saturated rings. The number of nitrogens with zero attached hydrogens (tertiary/aromatic N) is 1. The highest BCUT2D eigenvalue weighted by Crippen LogP contribution is 2.27. The van der Waals surface area contributed by atoms with Crippen molar-refractivity contribution in [2.45, 2.75) is 59.0 Å². The molecule has 2 unspecified atom stereocenters. The van der Waals surface area contributed by atoms with Gasteiger partial charge in [-0.3, -0.25) is 4.90 Å². The molecular formula is C19H32N2. The van der Waals surface area contributed by atoms with E-state index in [1.54, 1.807) is 0 Å². The summed E-state index contributed by atoms with van der Waals surface area (Å²) in [6.07, 6.45) is 3.72. The summed E-state index contributed by atoms with van der Waals surface area (Å²) < 4.78 is 0. The summed E-state index contributed by atoms with van der Waals surface area (Å²) >= 11 is 0. The lowest BCUT2D eigenvalue weighted by Crippen LogP contribution is -2.60. The summed E-state index contributed by atoms with van der Waals surface area (Å²) in [5.41, 5.74) is 1.79. The van der Waals surface area contributed by atoms with Crippen LogP contribution in [0.3, 0.4) is 0 Å². The summed E-state index contributed by atoms with van der Waals surface area (Å²) in [7, 11) is 0. The Morgan fingerprint density at radius 2 is 1.90 bits per heavy atom. The van der Waals surface area contributed by atoms with Crippen LogP contribution < -0.4 is 5.32 Å². The second-order valence-corrected chi connectivity index (χ2v) is 7.51. The lowest BCUT2D eigenvalue weighted by atomic mass is 9.83.